The van der Waals surface area contributed by atoms with Gasteiger partial charge in [0.2, 0.25) is 27.7 Å². The van der Waals surface area contributed by atoms with E-state index in [0.717, 1.165) is 29.9 Å². The van der Waals surface area contributed by atoms with Crippen LogP contribution in [-0.4, -0.2) is 85.8 Å². The maximum atomic E-state index is 13.7. The average Bonchev–Trinajstić information content (AvgIpc) is 3.57. The summed E-state index contributed by atoms with van der Waals surface area (Å²) in [5.74, 6) is 0.638. The maximum Gasteiger partial charge on any atom is 0.283 e. The molecule has 14 nitrogen and oxygen atoms in total. The highest BCUT2D eigenvalue weighted by Crippen LogP contribution is 2.36. The molecule has 0 saturated carbocycles. The van der Waals surface area contributed by atoms with Gasteiger partial charge in [0.05, 0.1) is 48.7 Å². The van der Waals surface area contributed by atoms with E-state index in [-0.39, 0.29) is 27.9 Å². The molecule has 0 unspecified atom stereocenters. The van der Waals surface area contributed by atoms with Gasteiger partial charge in [-0.1, -0.05) is 18.2 Å². The Balaban J connectivity index is 1.50. The van der Waals surface area contributed by atoms with Crippen LogP contribution in [0.25, 0.3) is 33.5 Å². The number of ether oxygens (including phenoxy) is 2. The molecule has 0 aliphatic carbocycles. The van der Waals surface area contributed by atoms with Crippen molar-refractivity contribution in [3.8, 4) is 28.5 Å². The Morgan fingerprint density at radius 2 is 1.80 bits per heavy atom. The minimum Gasteiger partial charge on any atom is -0.480 e. The summed E-state index contributed by atoms with van der Waals surface area (Å²) >= 11 is 0. The van der Waals surface area contributed by atoms with E-state index in [2.05, 4.69) is 29.9 Å². The molecule has 3 aromatic heterocycles. The fourth-order valence-electron chi connectivity index (χ4n) is 4.95. The molecule has 1 aliphatic heterocycles. The van der Waals surface area contributed by atoms with Gasteiger partial charge in [-0.05, 0) is 42.3 Å². The number of hydrogen-bond acceptors (Lipinski definition) is 12. The molecule has 0 amide bonds. The van der Waals surface area contributed by atoms with Gasteiger partial charge < -0.3 is 13.9 Å². The smallest absolute Gasteiger partial charge is 0.283 e. The van der Waals surface area contributed by atoms with Gasteiger partial charge in [-0.15, -0.1) is 10.2 Å². The number of sulfonamides is 1. The fourth-order valence-corrected chi connectivity index (χ4v) is 6.78. The van der Waals surface area contributed by atoms with Gasteiger partial charge >= 0.3 is 0 Å². The van der Waals surface area contributed by atoms with Crippen LogP contribution in [0.15, 0.2) is 70.2 Å². The molecule has 5 aromatic rings. The summed E-state index contributed by atoms with van der Waals surface area (Å²) in [6, 6.07) is 12.9. The summed E-state index contributed by atoms with van der Waals surface area (Å²) in [6.07, 6.45) is 4.84. The first-order valence-electron chi connectivity index (χ1n) is 13.6. The third kappa shape index (κ3) is 6.14. The highest BCUT2D eigenvalue weighted by molar-refractivity contribution is 7.92. The number of pyridine rings is 1. The SMILES string of the molecule is COc1ncc(-c2cc(-c3nnc(CN4CCCOCC4)o3)c3cnn(S(=O)(=O)c4ccccc4)c3c2)cc1NS(C)(=O)=O. The molecule has 1 fully saturated rings. The van der Waals surface area contributed by atoms with Crippen LogP contribution in [0.4, 0.5) is 5.69 Å². The Labute approximate surface area is 253 Å². The lowest BCUT2D eigenvalue weighted by atomic mass is 10.0. The molecule has 1 aliphatic rings. The Morgan fingerprint density at radius 1 is 0.977 bits per heavy atom. The Kier molecular flexibility index (Phi) is 8.06. The maximum absolute atomic E-state index is 13.7. The zero-order chi connectivity index (χ0) is 30.9. The number of anilines is 1. The number of aromatic nitrogens is 5. The van der Waals surface area contributed by atoms with Gasteiger partial charge in [0, 0.05) is 36.8 Å². The number of nitrogens with zero attached hydrogens (tertiary/aromatic N) is 6. The van der Waals surface area contributed by atoms with Crippen molar-refractivity contribution in [1.29, 1.82) is 0 Å². The Hall–Kier alpha value is -4.38. The van der Waals surface area contributed by atoms with Gasteiger partial charge in [-0.3, -0.25) is 9.62 Å². The van der Waals surface area contributed by atoms with Gasteiger partial charge in [0.25, 0.3) is 10.0 Å². The molecule has 16 heteroatoms. The summed E-state index contributed by atoms with van der Waals surface area (Å²) < 4.78 is 71.7. The second kappa shape index (κ2) is 12.0. The predicted molar refractivity (Wildman–Crippen MR) is 161 cm³/mol. The Bertz CT molecular complexity index is 2020. The van der Waals surface area contributed by atoms with Crippen molar-refractivity contribution >= 4 is 36.6 Å². The predicted octanol–water partition coefficient (Wildman–Crippen LogP) is 2.99. The molecule has 0 radical (unpaired) electrons. The topological polar surface area (TPSA) is 172 Å². The van der Waals surface area contributed by atoms with E-state index in [1.807, 2.05) is 0 Å². The minimum atomic E-state index is -4.09. The molecule has 44 heavy (non-hydrogen) atoms. The molecule has 4 heterocycles. The number of fused-ring (bicyclic) bond motifs is 1. The highest BCUT2D eigenvalue weighted by Gasteiger charge is 2.25. The van der Waals surface area contributed by atoms with E-state index in [1.165, 1.54) is 31.6 Å². The molecule has 0 bridgehead atoms. The Morgan fingerprint density at radius 3 is 2.57 bits per heavy atom. The van der Waals surface area contributed by atoms with Crippen LogP contribution in [0.2, 0.25) is 0 Å². The molecule has 1 N–H and O–H groups in total. The van der Waals surface area contributed by atoms with E-state index in [9.17, 15) is 16.8 Å². The lowest BCUT2D eigenvalue weighted by molar-refractivity contribution is 0.138. The molecular formula is C28H29N7O7S2. The first-order chi connectivity index (χ1) is 21.1. The number of methoxy groups -OCH3 is 1. The van der Waals surface area contributed by atoms with E-state index in [4.69, 9.17) is 13.9 Å². The van der Waals surface area contributed by atoms with Crippen LogP contribution >= 0.6 is 0 Å². The summed E-state index contributed by atoms with van der Waals surface area (Å²) in [4.78, 5) is 6.49. The monoisotopic (exact) mass is 639 g/mol. The van der Waals surface area contributed by atoms with Crippen molar-refractivity contribution < 1.29 is 30.7 Å². The van der Waals surface area contributed by atoms with Crippen molar-refractivity contribution in [3.05, 3.63) is 66.8 Å². The van der Waals surface area contributed by atoms with E-state index < -0.39 is 20.0 Å². The second-order valence-electron chi connectivity index (χ2n) is 10.2. The van der Waals surface area contributed by atoms with Crippen LogP contribution in [0.3, 0.4) is 0 Å². The van der Waals surface area contributed by atoms with Crippen molar-refractivity contribution in [2.45, 2.75) is 17.9 Å². The quantitative estimate of drug-likeness (QED) is 0.250. The van der Waals surface area contributed by atoms with Crippen LogP contribution < -0.4 is 9.46 Å². The summed E-state index contributed by atoms with van der Waals surface area (Å²) in [7, 11) is -6.38. The van der Waals surface area contributed by atoms with Gasteiger partial charge in [-0.25, -0.2) is 13.4 Å². The number of rotatable bonds is 9. The van der Waals surface area contributed by atoms with E-state index in [0.29, 0.717) is 47.7 Å². The molecular weight excluding hydrogens is 610 g/mol. The van der Waals surface area contributed by atoms with Crippen LogP contribution in [0, 0.1) is 0 Å². The number of benzene rings is 2. The van der Waals surface area contributed by atoms with E-state index in [1.54, 1.807) is 36.4 Å². The van der Waals surface area contributed by atoms with Gasteiger partial charge in [0.1, 0.15) is 5.69 Å². The second-order valence-corrected chi connectivity index (χ2v) is 13.7. The first-order valence-corrected chi connectivity index (χ1v) is 16.9. The zero-order valence-corrected chi connectivity index (χ0v) is 25.5. The summed E-state index contributed by atoms with van der Waals surface area (Å²) in [6.45, 7) is 3.31. The van der Waals surface area contributed by atoms with Crippen LogP contribution in [0.5, 0.6) is 5.88 Å². The van der Waals surface area contributed by atoms with Crippen molar-refractivity contribution in [2.24, 2.45) is 0 Å². The van der Waals surface area contributed by atoms with Gasteiger partial charge in [0.15, 0.2) is 0 Å². The molecule has 230 valence electrons. The van der Waals surface area contributed by atoms with Crippen LogP contribution in [0.1, 0.15) is 12.3 Å². The van der Waals surface area contributed by atoms with Crippen molar-refractivity contribution in [2.75, 3.05) is 44.4 Å². The summed E-state index contributed by atoms with van der Waals surface area (Å²) in [5.41, 5.74) is 1.77. The summed E-state index contributed by atoms with van der Waals surface area (Å²) in [5, 5.41) is 13.3. The standard InChI is InChI=1S/C28H29N7O7S2/c1-40-28-24(33-43(2,36)37)14-20(16-29-28)19-13-22(27-32-31-26(42-27)18-34-9-6-11-41-12-10-34)23-17-30-35(25(23)15-19)44(38,39)21-7-4-3-5-8-21/h3-5,7-8,13-17,33H,6,9-12,18H2,1-2H3. The van der Waals surface area contributed by atoms with Crippen LogP contribution in [-0.2, 0) is 31.3 Å². The largest absolute Gasteiger partial charge is 0.480 e. The molecule has 0 atom stereocenters. The van der Waals surface area contributed by atoms with Crippen molar-refractivity contribution in [1.82, 2.24) is 29.3 Å². The van der Waals surface area contributed by atoms with Crippen molar-refractivity contribution in [3.63, 3.8) is 0 Å². The number of nitrogens with one attached hydrogen (secondary N) is 1. The number of hydrogen-bond donors (Lipinski definition) is 1. The average molecular weight is 640 g/mol. The normalized spacial score (nSPS) is 14.9. The molecule has 0 spiro atoms. The zero-order valence-electron chi connectivity index (χ0n) is 23.9. The first kappa shape index (κ1) is 29.7. The van der Waals surface area contributed by atoms with Gasteiger partial charge in [-0.2, -0.15) is 17.6 Å². The minimum absolute atomic E-state index is 0.0595. The van der Waals surface area contributed by atoms with E-state index >= 15 is 0 Å². The highest BCUT2D eigenvalue weighted by atomic mass is 32.2. The lowest BCUT2D eigenvalue weighted by Gasteiger charge is -2.15. The molecule has 6 rings (SSSR count). The third-order valence-electron chi connectivity index (χ3n) is 6.97. The third-order valence-corrected chi connectivity index (χ3v) is 9.17. The fraction of sp³-hybridized carbons (Fsp3) is 0.286. The molecule has 1 saturated heterocycles. The lowest BCUT2D eigenvalue weighted by Crippen LogP contribution is -2.25. The molecule has 2 aromatic carbocycles.